The Morgan fingerprint density at radius 3 is 2.05 bits per heavy atom. The third-order valence-electron chi connectivity index (χ3n) is 2.33. The highest BCUT2D eigenvalue weighted by atomic mass is 19.4. The summed E-state index contributed by atoms with van der Waals surface area (Å²) in [4.78, 5) is 9.05. The molecule has 0 spiro atoms. The number of hydrogen-bond donors (Lipinski definition) is 2. The number of nitrogens with two attached hydrogens (primary N) is 1. The highest BCUT2D eigenvalue weighted by Gasteiger charge is 2.43. The maximum absolute atomic E-state index is 12.5. The molecule has 0 radical (unpaired) electrons. The first-order chi connectivity index (χ1) is 8.85. The van der Waals surface area contributed by atoms with Gasteiger partial charge in [0.1, 0.15) is 6.04 Å². The summed E-state index contributed by atoms with van der Waals surface area (Å²) >= 11 is 0. The van der Waals surface area contributed by atoms with Crippen molar-refractivity contribution in [2.24, 2.45) is 5.73 Å². The molecule has 1 aromatic carbocycles. The largest absolute Gasteiger partial charge is 0.502 e. The lowest BCUT2D eigenvalue weighted by Crippen LogP contribution is -2.29. The van der Waals surface area contributed by atoms with Crippen molar-refractivity contribution in [1.29, 1.82) is 0 Å². The first-order valence-corrected chi connectivity index (χ1v) is 4.76. The fourth-order valence-electron chi connectivity index (χ4n) is 1.36. The Bertz CT molecular complexity index is 540. The van der Waals surface area contributed by atoms with E-state index in [-0.39, 0.29) is 12.1 Å². The van der Waals surface area contributed by atoms with Crippen LogP contribution >= 0.6 is 0 Å². The molecule has 3 N–H and O–H groups in total. The molecule has 5 nitrogen and oxygen atoms in total. The molecule has 11 heteroatoms. The zero-order valence-corrected chi connectivity index (χ0v) is 9.29. The fraction of sp³-hybridized carbons (Fsp3) is 0.333. The van der Waals surface area contributed by atoms with E-state index in [0.717, 1.165) is 0 Å². The third kappa shape index (κ3) is 3.10. The topological polar surface area (TPSA) is 89.4 Å². The van der Waals surface area contributed by atoms with Crippen LogP contribution < -0.4 is 5.73 Å². The number of phenolic OH excluding ortho intramolecular Hbond substituents is 1. The van der Waals surface area contributed by atoms with Gasteiger partial charge >= 0.3 is 18.0 Å². The molecule has 0 heterocycles. The molecule has 1 atom stereocenters. The zero-order valence-electron chi connectivity index (χ0n) is 9.29. The average molecular weight is 304 g/mol. The molecule has 20 heavy (non-hydrogen) atoms. The summed E-state index contributed by atoms with van der Waals surface area (Å²) in [6.07, 6.45) is -10.3. The monoisotopic (exact) mass is 304 g/mol. The molecule has 0 aliphatic heterocycles. The maximum atomic E-state index is 12.5. The second kappa shape index (κ2) is 4.81. The molecule has 0 saturated carbocycles. The van der Waals surface area contributed by atoms with E-state index in [1.54, 1.807) is 0 Å². The van der Waals surface area contributed by atoms with Gasteiger partial charge in [-0.2, -0.15) is 26.3 Å². The van der Waals surface area contributed by atoms with Gasteiger partial charge in [0, 0.05) is 11.6 Å². The number of hydrogen-bond acceptors (Lipinski definition) is 4. The van der Waals surface area contributed by atoms with Gasteiger partial charge < -0.3 is 10.8 Å². The number of rotatable bonds is 2. The van der Waals surface area contributed by atoms with Crippen molar-refractivity contribution in [3.8, 4) is 5.75 Å². The second-order valence-electron chi connectivity index (χ2n) is 3.71. The summed E-state index contributed by atoms with van der Waals surface area (Å²) in [6.45, 7) is 0. The number of halogens is 6. The predicted molar refractivity (Wildman–Crippen MR) is 52.7 cm³/mol. The Labute approximate surface area is 106 Å². The predicted octanol–water partition coefficient (Wildman–Crippen LogP) is 2.88. The average Bonchev–Trinajstić information content (AvgIpc) is 2.25. The molecule has 0 aliphatic rings. The molecule has 112 valence electrons. The Kier molecular flexibility index (Phi) is 3.85. The van der Waals surface area contributed by atoms with E-state index in [1.165, 1.54) is 0 Å². The maximum Gasteiger partial charge on any atom is 0.416 e. The lowest BCUT2D eigenvalue weighted by Gasteiger charge is -2.18. The van der Waals surface area contributed by atoms with Gasteiger partial charge in [0.15, 0.2) is 5.75 Å². The number of nitrogens with zero attached hydrogens (tertiary/aromatic N) is 1. The van der Waals surface area contributed by atoms with Gasteiger partial charge in [0.25, 0.3) is 0 Å². The van der Waals surface area contributed by atoms with Crippen molar-refractivity contribution in [1.82, 2.24) is 0 Å². The molecule has 0 aliphatic carbocycles. The van der Waals surface area contributed by atoms with Crippen LogP contribution in [0.3, 0.4) is 0 Å². The van der Waals surface area contributed by atoms with Crippen molar-refractivity contribution in [3.05, 3.63) is 33.4 Å². The fourth-order valence-corrected chi connectivity index (χ4v) is 1.36. The minimum absolute atomic E-state index is 0.0675. The summed E-state index contributed by atoms with van der Waals surface area (Å²) in [5.41, 5.74) is 0.0451. The Morgan fingerprint density at radius 2 is 1.70 bits per heavy atom. The minimum atomic E-state index is -5.17. The summed E-state index contributed by atoms with van der Waals surface area (Å²) in [5.74, 6) is -1.55. The summed E-state index contributed by atoms with van der Waals surface area (Å²) < 4.78 is 74.6. The number of alkyl halides is 6. The Balaban J connectivity index is 3.59. The standard InChI is InChI=1S/C9H6F6N2O3/c10-8(11,12)3-1-4(7(16)9(13,14)15)6(18)5(2-3)17(19)20/h1-2,7,18H,16H2/t7-/m1/s1. The Morgan fingerprint density at radius 1 is 1.20 bits per heavy atom. The van der Waals surface area contributed by atoms with E-state index in [2.05, 4.69) is 5.73 Å². The molecule has 1 rings (SSSR count). The van der Waals surface area contributed by atoms with Gasteiger partial charge in [-0.1, -0.05) is 0 Å². The summed E-state index contributed by atoms with van der Waals surface area (Å²) in [7, 11) is 0. The van der Waals surface area contributed by atoms with Crippen LogP contribution in [0.15, 0.2) is 12.1 Å². The summed E-state index contributed by atoms with van der Waals surface area (Å²) in [5, 5.41) is 19.8. The van der Waals surface area contributed by atoms with Crippen LogP contribution in [0.1, 0.15) is 17.2 Å². The highest BCUT2D eigenvalue weighted by molar-refractivity contribution is 5.55. The smallest absolute Gasteiger partial charge is 0.416 e. The van der Waals surface area contributed by atoms with Crippen LogP contribution in [-0.4, -0.2) is 16.2 Å². The molecule has 0 fully saturated rings. The van der Waals surface area contributed by atoms with E-state index >= 15 is 0 Å². The van der Waals surface area contributed by atoms with Gasteiger partial charge in [0.2, 0.25) is 0 Å². The van der Waals surface area contributed by atoms with Crippen LogP contribution in [0, 0.1) is 10.1 Å². The van der Waals surface area contributed by atoms with Gasteiger partial charge in [0.05, 0.1) is 10.5 Å². The number of aromatic hydroxyl groups is 1. The lowest BCUT2D eigenvalue weighted by molar-refractivity contribution is -0.386. The number of benzene rings is 1. The van der Waals surface area contributed by atoms with Crippen molar-refractivity contribution >= 4 is 5.69 Å². The van der Waals surface area contributed by atoms with Gasteiger partial charge in [-0.05, 0) is 6.07 Å². The molecular weight excluding hydrogens is 298 g/mol. The van der Waals surface area contributed by atoms with Crippen molar-refractivity contribution < 1.29 is 36.4 Å². The SMILES string of the molecule is N[C@H](c1cc(C(F)(F)F)cc([N+](=O)[O-])c1O)C(F)(F)F. The van der Waals surface area contributed by atoms with E-state index in [1.807, 2.05) is 0 Å². The van der Waals surface area contributed by atoms with Gasteiger partial charge in [-0.3, -0.25) is 10.1 Å². The molecule has 0 saturated heterocycles. The first-order valence-electron chi connectivity index (χ1n) is 4.76. The quantitative estimate of drug-likeness (QED) is 0.499. The number of nitro benzene ring substituents is 1. The normalized spacial score (nSPS) is 14.2. The molecule has 0 aromatic heterocycles. The van der Waals surface area contributed by atoms with Crippen molar-refractivity contribution in [3.63, 3.8) is 0 Å². The van der Waals surface area contributed by atoms with Crippen LogP contribution in [0.4, 0.5) is 32.0 Å². The summed E-state index contributed by atoms with van der Waals surface area (Å²) in [6, 6.07) is -3.12. The van der Waals surface area contributed by atoms with E-state index < -0.39 is 45.9 Å². The zero-order chi connectivity index (χ0) is 15.9. The number of phenols is 1. The van der Waals surface area contributed by atoms with Gasteiger partial charge in [-0.25, -0.2) is 0 Å². The Hall–Kier alpha value is -2.04. The van der Waals surface area contributed by atoms with Crippen LogP contribution in [-0.2, 0) is 6.18 Å². The lowest BCUT2D eigenvalue weighted by atomic mass is 10.0. The van der Waals surface area contributed by atoms with E-state index in [0.29, 0.717) is 0 Å². The van der Waals surface area contributed by atoms with Crippen LogP contribution in [0.2, 0.25) is 0 Å². The number of nitro groups is 1. The van der Waals surface area contributed by atoms with Crippen molar-refractivity contribution in [2.45, 2.75) is 18.4 Å². The van der Waals surface area contributed by atoms with Crippen molar-refractivity contribution in [2.75, 3.05) is 0 Å². The van der Waals surface area contributed by atoms with E-state index in [4.69, 9.17) is 0 Å². The van der Waals surface area contributed by atoms with Crippen LogP contribution in [0.5, 0.6) is 5.75 Å². The second-order valence-corrected chi connectivity index (χ2v) is 3.71. The molecule has 0 unspecified atom stereocenters. The third-order valence-corrected chi connectivity index (χ3v) is 2.33. The molecule has 0 amide bonds. The first kappa shape index (κ1) is 16.0. The van der Waals surface area contributed by atoms with Gasteiger partial charge in [-0.15, -0.1) is 0 Å². The highest BCUT2D eigenvalue weighted by Crippen LogP contribution is 2.43. The minimum Gasteiger partial charge on any atom is -0.502 e. The van der Waals surface area contributed by atoms with E-state index in [9.17, 15) is 41.6 Å². The molecular formula is C9H6F6N2O3. The molecule has 0 bridgehead atoms. The van der Waals surface area contributed by atoms with Crippen LogP contribution in [0.25, 0.3) is 0 Å². The molecule has 1 aromatic rings.